The van der Waals surface area contributed by atoms with Crippen molar-refractivity contribution < 1.29 is 9.53 Å². The largest absolute Gasteiger partial charge is 0.463 e. The van der Waals surface area contributed by atoms with Gasteiger partial charge in [-0.1, -0.05) is 33.1 Å². The second kappa shape index (κ2) is 8.09. The van der Waals surface area contributed by atoms with Crippen molar-refractivity contribution in [2.45, 2.75) is 65.4 Å². The van der Waals surface area contributed by atoms with Crippen LogP contribution in [0.25, 0.3) is 0 Å². The standard InChI is InChI=1S/C11H22O2/c1-4-6-7-9-11(12)13-10(3)8-5-2/h10H,4-9H2,1-3H3/t10-/m1/s1. The van der Waals surface area contributed by atoms with Gasteiger partial charge in [-0.3, -0.25) is 4.79 Å². The molecule has 13 heavy (non-hydrogen) atoms. The van der Waals surface area contributed by atoms with Crippen molar-refractivity contribution in [3.05, 3.63) is 0 Å². The average Bonchev–Trinajstić information content (AvgIpc) is 2.05. The van der Waals surface area contributed by atoms with Gasteiger partial charge in [-0.15, -0.1) is 0 Å². The summed E-state index contributed by atoms with van der Waals surface area (Å²) in [7, 11) is 0. The lowest BCUT2D eigenvalue weighted by Crippen LogP contribution is -2.14. The van der Waals surface area contributed by atoms with Crippen molar-refractivity contribution in [2.75, 3.05) is 0 Å². The number of hydrogen-bond donors (Lipinski definition) is 0. The minimum Gasteiger partial charge on any atom is -0.463 e. The van der Waals surface area contributed by atoms with Gasteiger partial charge in [0, 0.05) is 6.42 Å². The molecule has 0 saturated carbocycles. The maximum atomic E-state index is 11.2. The number of unbranched alkanes of at least 4 members (excludes halogenated alkanes) is 2. The maximum absolute atomic E-state index is 11.2. The van der Waals surface area contributed by atoms with Crippen LogP contribution in [0, 0.1) is 0 Å². The first kappa shape index (κ1) is 12.5. The molecular formula is C11H22O2. The number of carbonyl (C=O) groups excluding carboxylic acids is 1. The second-order valence-corrected chi connectivity index (χ2v) is 3.55. The van der Waals surface area contributed by atoms with E-state index >= 15 is 0 Å². The summed E-state index contributed by atoms with van der Waals surface area (Å²) in [6, 6.07) is 0. The molecule has 0 aliphatic heterocycles. The maximum Gasteiger partial charge on any atom is 0.306 e. The van der Waals surface area contributed by atoms with Crippen molar-refractivity contribution in [2.24, 2.45) is 0 Å². The van der Waals surface area contributed by atoms with E-state index in [2.05, 4.69) is 13.8 Å². The molecule has 0 aliphatic rings. The molecule has 78 valence electrons. The van der Waals surface area contributed by atoms with Gasteiger partial charge in [0.15, 0.2) is 0 Å². The zero-order chi connectivity index (χ0) is 10.1. The van der Waals surface area contributed by atoms with E-state index in [0.717, 1.165) is 32.1 Å². The first-order valence-electron chi connectivity index (χ1n) is 5.40. The summed E-state index contributed by atoms with van der Waals surface area (Å²) < 4.78 is 5.20. The molecule has 2 heteroatoms. The third-order valence-corrected chi connectivity index (χ3v) is 2.01. The van der Waals surface area contributed by atoms with Crippen LogP contribution in [0.2, 0.25) is 0 Å². The van der Waals surface area contributed by atoms with Crippen LogP contribution in [0.4, 0.5) is 0 Å². The molecular weight excluding hydrogens is 164 g/mol. The number of ether oxygens (including phenoxy) is 1. The Balaban J connectivity index is 3.38. The summed E-state index contributed by atoms with van der Waals surface area (Å²) in [4.78, 5) is 11.2. The Morgan fingerprint density at radius 1 is 1.23 bits per heavy atom. The van der Waals surface area contributed by atoms with E-state index in [4.69, 9.17) is 4.74 Å². The molecule has 0 spiro atoms. The summed E-state index contributed by atoms with van der Waals surface area (Å²) in [5.74, 6) is -0.0330. The van der Waals surface area contributed by atoms with Crippen LogP contribution >= 0.6 is 0 Å². The highest BCUT2D eigenvalue weighted by Crippen LogP contribution is 2.05. The Labute approximate surface area is 81.7 Å². The molecule has 1 atom stereocenters. The van der Waals surface area contributed by atoms with Gasteiger partial charge in [-0.25, -0.2) is 0 Å². The average molecular weight is 186 g/mol. The molecule has 0 rings (SSSR count). The van der Waals surface area contributed by atoms with Gasteiger partial charge in [0.05, 0.1) is 6.10 Å². The van der Waals surface area contributed by atoms with Crippen LogP contribution in [0.1, 0.15) is 59.3 Å². The first-order valence-corrected chi connectivity index (χ1v) is 5.40. The molecule has 0 aromatic carbocycles. The van der Waals surface area contributed by atoms with Crippen molar-refractivity contribution >= 4 is 5.97 Å². The fourth-order valence-corrected chi connectivity index (χ4v) is 1.27. The molecule has 2 nitrogen and oxygen atoms in total. The highest BCUT2D eigenvalue weighted by atomic mass is 16.5. The van der Waals surface area contributed by atoms with E-state index in [0.29, 0.717) is 6.42 Å². The van der Waals surface area contributed by atoms with Crippen LogP contribution in [-0.4, -0.2) is 12.1 Å². The highest BCUT2D eigenvalue weighted by molar-refractivity contribution is 5.69. The third-order valence-electron chi connectivity index (χ3n) is 2.01. The van der Waals surface area contributed by atoms with Crippen LogP contribution in [0.15, 0.2) is 0 Å². The van der Waals surface area contributed by atoms with E-state index < -0.39 is 0 Å². The Morgan fingerprint density at radius 3 is 2.46 bits per heavy atom. The Hall–Kier alpha value is -0.530. The predicted molar refractivity (Wildman–Crippen MR) is 54.6 cm³/mol. The van der Waals surface area contributed by atoms with Gasteiger partial charge in [0.25, 0.3) is 0 Å². The predicted octanol–water partition coefficient (Wildman–Crippen LogP) is 3.30. The van der Waals surface area contributed by atoms with Crippen molar-refractivity contribution in [1.82, 2.24) is 0 Å². The van der Waals surface area contributed by atoms with E-state index in [1.807, 2.05) is 6.92 Å². The number of hydrogen-bond acceptors (Lipinski definition) is 2. The smallest absolute Gasteiger partial charge is 0.306 e. The minimum absolute atomic E-state index is 0.0330. The lowest BCUT2D eigenvalue weighted by atomic mass is 10.2. The molecule has 0 aliphatic carbocycles. The topological polar surface area (TPSA) is 26.3 Å². The zero-order valence-corrected chi connectivity index (χ0v) is 9.14. The van der Waals surface area contributed by atoms with Gasteiger partial charge in [0.2, 0.25) is 0 Å². The van der Waals surface area contributed by atoms with Crippen LogP contribution < -0.4 is 0 Å². The van der Waals surface area contributed by atoms with Crippen LogP contribution in [0.3, 0.4) is 0 Å². The zero-order valence-electron chi connectivity index (χ0n) is 9.14. The summed E-state index contributed by atoms with van der Waals surface area (Å²) in [5, 5.41) is 0. The summed E-state index contributed by atoms with van der Waals surface area (Å²) >= 11 is 0. The molecule has 0 radical (unpaired) electrons. The first-order chi connectivity index (χ1) is 6.20. The van der Waals surface area contributed by atoms with Crippen LogP contribution in [-0.2, 0) is 9.53 Å². The molecule has 0 N–H and O–H groups in total. The number of carbonyl (C=O) groups is 1. The Morgan fingerprint density at radius 2 is 1.92 bits per heavy atom. The lowest BCUT2D eigenvalue weighted by Gasteiger charge is -2.11. The molecule has 0 fully saturated rings. The van der Waals surface area contributed by atoms with Gasteiger partial charge in [-0.2, -0.15) is 0 Å². The molecule has 0 aromatic rings. The second-order valence-electron chi connectivity index (χ2n) is 3.55. The number of rotatable bonds is 7. The lowest BCUT2D eigenvalue weighted by molar-refractivity contribution is -0.148. The summed E-state index contributed by atoms with van der Waals surface area (Å²) in [6.07, 6.45) is 5.97. The van der Waals surface area contributed by atoms with Crippen LogP contribution in [0.5, 0.6) is 0 Å². The summed E-state index contributed by atoms with van der Waals surface area (Å²) in [5.41, 5.74) is 0. The van der Waals surface area contributed by atoms with Crippen molar-refractivity contribution in [1.29, 1.82) is 0 Å². The van der Waals surface area contributed by atoms with E-state index in [1.165, 1.54) is 0 Å². The van der Waals surface area contributed by atoms with Gasteiger partial charge >= 0.3 is 5.97 Å². The normalized spacial score (nSPS) is 12.5. The third kappa shape index (κ3) is 7.82. The SMILES string of the molecule is CCCCCC(=O)O[C@H](C)CCC. The van der Waals surface area contributed by atoms with Gasteiger partial charge in [0.1, 0.15) is 0 Å². The van der Waals surface area contributed by atoms with Gasteiger partial charge in [-0.05, 0) is 19.8 Å². The van der Waals surface area contributed by atoms with E-state index in [-0.39, 0.29) is 12.1 Å². The quantitative estimate of drug-likeness (QED) is 0.450. The molecule has 0 heterocycles. The Bertz CT molecular complexity index is 132. The van der Waals surface area contributed by atoms with Crippen molar-refractivity contribution in [3.63, 3.8) is 0 Å². The molecule has 0 aromatic heterocycles. The highest BCUT2D eigenvalue weighted by Gasteiger charge is 2.07. The molecule has 0 bridgehead atoms. The van der Waals surface area contributed by atoms with E-state index in [1.54, 1.807) is 0 Å². The monoisotopic (exact) mass is 186 g/mol. The van der Waals surface area contributed by atoms with E-state index in [9.17, 15) is 4.79 Å². The summed E-state index contributed by atoms with van der Waals surface area (Å²) in [6.45, 7) is 6.19. The fourth-order valence-electron chi connectivity index (χ4n) is 1.27. The molecule has 0 amide bonds. The van der Waals surface area contributed by atoms with Gasteiger partial charge < -0.3 is 4.74 Å². The molecule has 0 unspecified atom stereocenters. The van der Waals surface area contributed by atoms with Crippen molar-refractivity contribution in [3.8, 4) is 0 Å². The number of esters is 1. The Kier molecular flexibility index (Phi) is 7.76. The fraction of sp³-hybridized carbons (Fsp3) is 0.909. The molecule has 0 saturated heterocycles. The minimum atomic E-state index is -0.0330.